The maximum Gasteiger partial charge on any atom is 0.310 e. The van der Waals surface area contributed by atoms with Crippen molar-refractivity contribution in [2.24, 2.45) is 17.8 Å². The Bertz CT molecular complexity index is 924. The van der Waals surface area contributed by atoms with Crippen molar-refractivity contribution in [3.63, 3.8) is 0 Å². The summed E-state index contributed by atoms with van der Waals surface area (Å²) in [6, 6.07) is 7.90. The summed E-state index contributed by atoms with van der Waals surface area (Å²) in [5, 5.41) is 0. The maximum atomic E-state index is 13.4. The second-order valence-corrected chi connectivity index (χ2v) is 9.38. The average molecular weight is 471 g/mol. The molecule has 34 heavy (non-hydrogen) atoms. The number of hydrogen-bond donors (Lipinski definition) is 0. The number of ether oxygens (including phenoxy) is 2. The minimum Gasteiger partial charge on any atom is -0.466 e. The summed E-state index contributed by atoms with van der Waals surface area (Å²) >= 11 is 0. The molecule has 2 amide bonds. The van der Waals surface area contributed by atoms with Crippen LogP contribution in [0, 0.1) is 17.8 Å². The van der Waals surface area contributed by atoms with Gasteiger partial charge in [0.2, 0.25) is 5.91 Å². The Labute approximate surface area is 200 Å². The van der Waals surface area contributed by atoms with E-state index in [0.29, 0.717) is 51.9 Å². The molecule has 1 saturated heterocycles. The molecule has 0 aromatic heterocycles. The van der Waals surface area contributed by atoms with Gasteiger partial charge in [0.05, 0.1) is 24.4 Å². The van der Waals surface area contributed by atoms with Crippen LogP contribution in [-0.4, -0.2) is 61.5 Å². The molecule has 184 valence electrons. The van der Waals surface area contributed by atoms with Crippen LogP contribution in [0.15, 0.2) is 24.3 Å². The molecule has 0 spiro atoms. The number of anilines is 1. The number of nitrogens with zero attached hydrogens (tertiary/aromatic N) is 2. The van der Waals surface area contributed by atoms with Gasteiger partial charge in [-0.3, -0.25) is 19.2 Å². The van der Waals surface area contributed by atoms with E-state index in [4.69, 9.17) is 9.47 Å². The number of carbonyl (C=O) groups excluding carboxylic acids is 4. The van der Waals surface area contributed by atoms with E-state index in [-0.39, 0.29) is 30.3 Å². The lowest BCUT2D eigenvalue weighted by Crippen LogP contribution is -2.44. The Hall–Kier alpha value is -2.90. The normalized spacial score (nSPS) is 22.7. The smallest absolute Gasteiger partial charge is 0.310 e. The van der Waals surface area contributed by atoms with Gasteiger partial charge in [0.15, 0.2) is 6.61 Å². The van der Waals surface area contributed by atoms with Gasteiger partial charge in [-0.1, -0.05) is 31.0 Å². The SMILES string of the molecule is CCOC(=O)C1CCN(C(=O)COC(=O)C2CCCCC2C(=O)N2CCc3ccccc32)CC1. The largest absolute Gasteiger partial charge is 0.466 e. The van der Waals surface area contributed by atoms with Crippen molar-refractivity contribution in [1.82, 2.24) is 4.90 Å². The fourth-order valence-electron chi connectivity index (χ4n) is 5.43. The van der Waals surface area contributed by atoms with E-state index in [1.807, 2.05) is 29.2 Å². The minimum atomic E-state index is -0.517. The number of fused-ring (bicyclic) bond motifs is 1. The second-order valence-electron chi connectivity index (χ2n) is 9.38. The fourth-order valence-corrected chi connectivity index (χ4v) is 5.43. The third-order valence-electron chi connectivity index (χ3n) is 7.34. The number of para-hydroxylation sites is 1. The zero-order chi connectivity index (χ0) is 24.1. The number of rotatable bonds is 6. The van der Waals surface area contributed by atoms with Crippen LogP contribution in [0.25, 0.3) is 0 Å². The van der Waals surface area contributed by atoms with E-state index in [2.05, 4.69) is 0 Å². The minimum absolute atomic E-state index is 0.0148. The number of carbonyl (C=O) groups is 4. The van der Waals surface area contributed by atoms with Gasteiger partial charge in [-0.2, -0.15) is 0 Å². The molecule has 2 unspecified atom stereocenters. The molecule has 8 heteroatoms. The lowest BCUT2D eigenvalue weighted by molar-refractivity contribution is -0.160. The maximum absolute atomic E-state index is 13.4. The molecule has 0 radical (unpaired) electrons. The lowest BCUT2D eigenvalue weighted by atomic mass is 9.78. The van der Waals surface area contributed by atoms with Crippen molar-refractivity contribution in [1.29, 1.82) is 0 Å². The molecule has 1 aromatic carbocycles. The molecular formula is C26H34N2O6. The molecule has 0 bridgehead atoms. The number of amides is 2. The third kappa shape index (κ3) is 5.26. The van der Waals surface area contributed by atoms with Crippen molar-refractivity contribution in [3.05, 3.63) is 29.8 Å². The Kier molecular flexibility index (Phi) is 7.85. The quantitative estimate of drug-likeness (QED) is 0.594. The summed E-state index contributed by atoms with van der Waals surface area (Å²) in [6.07, 6.45) is 4.96. The van der Waals surface area contributed by atoms with Crippen LogP contribution in [0.1, 0.15) is 51.0 Å². The Balaban J connectivity index is 1.30. The Morgan fingerprint density at radius 1 is 0.882 bits per heavy atom. The molecule has 1 aliphatic carbocycles. The van der Waals surface area contributed by atoms with Gasteiger partial charge in [0.1, 0.15) is 0 Å². The molecular weight excluding hydrogens is 436 g/mol. The number of benzene rings is 1. The first-order chi connectivity index (χ1) is 16.5. The molecule has 1 saturated carbocycles. The van der Waals surface area contributed by atoms with E-state index in [1.165, 1.54) is 0 Å². The first-order valence-corrected chi connectivity index (χ1v) is 12.5. The first-order valence-electron chi connectivity index (χ1n) is 12.5. The molecule has 2 heterocycles. The fraction of sp³-hybridized carbons (Fsp3) is 0.615. The Morgan fingerprint density at radius 3 is 2.32 bits per heavy atom. The van der Waals surface area contributed by atoms with Crippen molar-refractivity contribution in [2.45, 2.75) is 51.9 Å². The zero-order valence-electron chi connectivity index (χ0n) is 19.9. The van der Waals surface area contributed by atoms with E-state index in [0.717, 1.165) is 30.5 Å². The van der Waals surface area contributed by atoms with Gasteiger partial charge in [-0.15, -0.1) is 0 Å². The van der Waals surface area contributed by atoms with Crippen LogP contribution in [0.3, 0.4) is 0 Å². The topological polar surface area (TPSA) is 93.2 Å². The second kappa shape index (κ2) is 11.0. The van der Waals surface area contributed by atoms with Crippen molar-refractivity contribution in [2.75, 3.05) is 37.7 Å². The molecule has 4 rings (SSSR count). The highest BCUT2D eigenvalue weighted by molar-refractivity contribution is 5.99. The summed E-state index contributed by atoms with van der Waals surface area (Å²) in [5.41, 5.74) is 2.09. The highest BCUT2D eigenvalue weighted by Crippen LogP contribution is 2.36. The highest BCUT2D eigenvalue weighted by atomic mass is 16.5. The predicted octanol–water partition coefficient (Wildman–Crippen LogP) is 2.73. The van der Waals surface area contributed by atoms with Crippen molar-refractivity contribution < 1.29 is 28.7 Å². The predicted molar refractivity (Wildman–Crippen MR) is 125 cm³/mol. The van der Waals surface area contributed by atoms with Gasteiger partial charge in [-0.25, -0.2) is 0 Å². The first kappa shape index (κ1) is 24.2. The van der Waals surface area contributed by atoms with Crippen LogP contribution in [0.4, 0.5) is 5.69 Å². The zero-order valence-corrected chi connectivity index (χ0v) is 19.9. The number of hydrogen-bond acceptors (Lipinski definition) is 6. The van der Waals surface area contributed by atoms with E-state index < -0.39 is 17.8 Å². The molecule has 3 aliphatic rings. The van der Waals surface area contributed by atoms with E-state index in [1.54, 1.807) is 11.8 Å². The molecule has 2 aliphatic heterocycles. The van der Waals surface area contributed by atoms with Gasteiger partial charge < -0.3 is 19.3 Å². The van der Waals surface area contributed by atoms with Crippen LogP contribution in [0.2, 0.25) is 0 Å². The highest BCUT2D eigenvalue weighted by Gasteiger charge is 2.40. The number of esters is 2. The molecule has 8 nitrogen and oxygen atoms in total. The van der Waals surface area contributed by atoms with E-state index >= 15 is 0 Å². The average Bonchev–Trinajstić information content (AvgIpc) is 3.31. The lowest BCUT2D eigenvalue weighted by Gasteiger charge is -2.33. The molecule has 2 atom stereocenters. The van der Waals surface area contributed by atoms with Crippen LogP contribution in [-0.2, 0) is 35.1 Å². The van der Waals surface area contributed by atoms with Gasteiger partial charge >= 0.3 is 11.9 Å². The summed E-state index contributed by atoms with van der Waals surface area (Å²) in [4.78, 5) is 54.3. The van der Waals surface area contributed by atoms with Crippen LogP contribution >= 0.6 is 0 Å². The number of piperidine rings is 1. The Morgan fingerprint density at radius 2 is 1.59 bits per heavy atom. The summed E-state index contributed by atoms with van der Waals surface area (Å²) in [7, 11) is 0. The van der Waals surface area contributed by atoms with Gasteiger partial charge in [0, 0.05) is 25.3 Å². The standard InChI is InChI=1S/C26H34N2O6/c1-2-33-25(31)19-11-14-27(15-12-19)23(29)17-34-26(32)21-9-5-4-8-20(21)24(30)28-16-13-18-7-3-6-10-22(18)28/h3,6-7,10,19-21H,2,4-5,8-9,11-17H2,1H3. The van der Waals surface area contributed by atoms with Crippen molar-refractivity contribution >= 4 is 29.4 Å². The van der Waals surface area contributed by atoms with Crippen molar-refractivity contribution in [3.8, 4) is 0 Å². The summed E-state index contributed by atoms with van der Waals surface area (Å²) < 4.78 is 10.5. The molecule has 1 aromatic rings. The summed E-state index contributed by atoms with van der Waals surface area (Å²) in [5.74, 6) is -2.06. The number of likely N-dealkylation sites (tertiary alicyclic amines) is 1. The third-order valence-corrected chi connectivity index (χ3v) is 7.34. The monoisotopic (exact) mass is 470 g/mol. The van der Waals surface area contributed by atoms with Crippen LogP contribution < -0.4 is 4.90 Å². The molecule has 0 N–H and O–H groups in total. The summed E-state index contributed by atoms with van der Waals surface area (Å²) in [6.45, 7) is 3.32. The molecule has 2 fully saturated rings. The van der Waals surface area contributed by atoms with Gasteiger partial charge in [-0.05, 0) is 50.7 Å². The van der Waals surface area contributed by atoms with E-state index in [9.17, 15) is 19.2 Å². The van der Waals surface area contributed by atoms with Gasteiger partial charge in [0.25, 0.3) is 5.91 Å². The van der Waals surface area contributed by atoms with Crippen LogP contribution in [0.5, 0.6) is 0 Å².